The van der Waals surface area contributed by atoms with Crippen LogP contribution in [0, 0.1) is 13.8 Å². The third-order valence-electron chi connectivity index (χ3n) is 4.34. The standard InChI is InChI=1S/C18H23N3/c1-14-12-17(13-15(2)18(14)19)21-10-8-20(9-11-21)16-6-4-3-5-7-16/h3-7,12-13H,8-11,19H2,1-2H3. The van der Waals surface area contributed by atoms with Gasteiger partial charge in [0.25, 0.3) is 0 Å². The van der Waals surface area contributed by atoms with Crippen molar-refractivity contribution in [3.8, 4) is 0 Å². The number of para-hydroxylation sites is 1. The number of benzene rings is 2. The van der Waals surface area contributed by atoms with E-state index in [4.69, 9.17) is 5.73 Å². The Bertz CT molecular complexity index is 591. The molecule has 0 unspecified atom stereocenters. The first-order valence-electron chi connectivity index (χ1n) is 7.57. The van der Waals surface area contributed by atoms with Crippen molar-refractivity contribution >= 4 is 17.1 Å². The molecular weight excluding hydrogens is 258 g/mol. The van der Waals surface area contributed by atoms with E-state index in [0.717, 1.165) is 31.9 Å². The second-order valence-corrected chi connectivity index (χ2v) is 5.80. The maximum Gasteiger partial charge on any atom is 0.0374 e. The highest BCUT2D eigenvalue weighted by molar-refractivity contribution is 5.63. The van der Waals surface area contributed by atoms with Crippen molar-refractivity contribution in [1.82, 2.24) is 0 Å². The molecule has 0 aromatic heterocycles. The SMILES string of the molecule is Cc1cc(N2CCN(c3ccccc3)CC2)cc(C)c1N. The zero-order valence-corrected chi connectivity index (χ0v) is 12.8. The highest BCUT2D eigenvalue weighted by Gasteiger charge is 2.18. The fourth-order valence-corrected chi connectivity index (χ4v) is 3.00. The maximum absolute atomic E-state index is 6.05. The lowest BCUT2D eigenvalue weighted by Gasteiger charge is -2.37. The molecule has 0 atom stereocenters. The summed E-state index contributed by atoms with van der Waals surface area (Å²) in [6.07, 6.45) is 0. The fraction of sp³-hybridized carbons (Fsp3) is 0.333. The quantitative estimate of drug-likeness (QED) is 0.858. The van der Waals surface area contributed by atoms with Crippen LogP contribution in [0.4, 0.5) is 17.1 Å². The number of rotatable bonds is 2. The van der Waals surface area contributed by atoms with Crippen molar-refractivity contribution in [2.75, 3.05) is 41.7 Å². The summed E-state index contributed by atoms with van der Waals surface area (Å²) in [7, 11) is 0. The minimum absolute atomic E-state index is 0.918. The third-order valence-corrected chi connectivity index (χ3v) is 4.34. The first-order valence-corrected chi connectivity index (χ1v) is 7.57. The van der Waals surface area contributed by atoms with Crippen molar-refractivity contribution in [3.63, 3.8) is 0 Å². The Morgan fingerprint density at radius 2 is 1.24 bits per heavy atom. The lowest BCUT2D eigenvalue weighted by Crippen LogP contribution is -2.46. The Morgan fingerprint density at radius 3 is 1.76 bits per heavy atom. The predicted molar refractivity (Wildman–Crippen MR) is 91.2 cm³/mol. The van der Waals surface area contributed by atoms with Crippen LogP contribution in [0.3, 0.4) is 0 Å². The number of nitrogen functional groups attached to an aromatic ring is 1. The van der Waals surface area contributed by atoms with Crippen LogP contribution in [0.15, 0.2) is 42.5 Å². The van der Waals surface area contributed by atoms with E-state index in [2.05, 4.69) is 66.1 Å². The van der Waals surface area contributed by atoms with Crippen molar-refractivity contribution in [2.24, 2.45) is 0 Å². The van der Waals surface area contributed by atoms with E-state index in [1.54, 1.807) is 0 Å². The number of hydrogen-bond donors (Lipinski definition) is 1. The van der Waals surface area contributed by atoms with Crippen molar-refractivity contribution in [1.29, 1.82) is 0 Å². The van der Waals surface area contributed by atoms with Crippen molar-refractivity contribution in [3.05, 3.63) is 53.6 Å². The lowest BCUT2D eigenvalue weighted by molar-refractivity contribution is 0.653. The first-order chi connectivity index (χ1) is 10.1. The number of nitrogens with two attached hydrogens (primary N) is 1. The van der Waals surface area contributed by atoms with Crippen molar-refractivity contribution < 1.29 is 0 Å². The van der Waals surface area contributed by atoms with Crippen LogP contribution in [-0.2, 0) is 0 Å². The molecule has 3 rings (SSSR count). The molecule has 0 bridgehead atoms. The van der Waals surface area contributed by atoms with Crippen LogP contribution >= 0.6 is 0 Å². The minimum atomic E-state index is 0.918. The average Bonchev–Trinajstić information content (AvgIpc) is 2.53. The monoisotopic (exact) mass is 281 g/mol. The van der Waals surface area contributed by atoms with Gasteiger partial charge in [0.15, 0.2) is 0 Å². The van der Waals surface area contributed by atoms with Gasteiger partial charge in [0.05, 0.1) is 0 Å². The number of anilines is 3. The van der Waals surface area contributed by atoms with Gasteiger partial charge in [0, 0.05) is 43.2 Å². The maximum atomic E-state index is 6.05. The van der Waals surface area contributed by atoms with Gasteiger partial charge >= 0.3 is 0 Å². The summed E-state index contributed by atoms with van der Waals surface area (Å²) in [5, 5.41) is 0. The van der Waals surface area contributed by atoms with Gasteiger partial charge in [-0.1, -0.05) is 18.2 Å². The Kier molecular flexibility index (Phi) is 3.74. The second kappa shape index (κ2) is 5.68. The van der Waals surface area contributed by atoms with Gasteiger partial charge in [-0.3, -0.25) is 0 Å². The Labute approximate surface area is 127 Å². The van der Waals surface area contributed by atoms with Crippen LogP contribution in [0.2, 0.25) is 0 Å². The molecule has 3 heteroatoms. The molecule has 0 saturated carbocycles. The lowest BCUT2D eigenvalue weighted by atomic mass is 10.1. The number of aryl methyl sites for hydroxylation is 2. The van der Waals surface area contributed by atoms with Gasteiger partial charge in [0.1, 0.15) is 0 Å². The Hall–Kier alpha value is -2.16. The molecule has 0 amide bonds. The molecule has 0 radical (unpaired) electrons. The molecule has 110 valence electrons. The Morgan fingerprint density at radius 1 is 0.762 bits per heavy atom. The summed E-state index contributed by atoms with van der Waals surface area (Å²) in [5.74, 6) is 0. The minimum Gasteiger partial charge on any atom is -0.398 e. The van der Waals surface area contributed by atoms with E-state index in [0.29, 0.717) is 0 Å². The molecular formula is C18H23N3. The highest BCUT2D eigenvalue weighted by atomic mass is 15.3. The highest BCUT2D eigenvalue weighted by Crippen LogP contribution is 2.26. The molecule has 1 heterocycles. The summed E-state index contributed by atoms with van der Waals surface area (Å²) >= 11 is 0. The zero-order chi connectivity index (χ0) is 14.8. The fourth-order valence-electron chi connectivity index (χ4n) is 3.00. The smallest absolute Gasteiger partial charge is 0.0374 e. The summed E-state index contributed by atoms with van der Waals surface area (Å²) in [6.45, 7) is 8.41. The molecule has 1 saturated heterocycles. The number of hydrogen-bond acceptors (Lipinski definition) is 3. The van der Waals surface area contributed by atoms with Gasteiger partial charge in [-0.2, -0.15) is 0 Å². The van der Waals surface area contributed by atoms with Gasteiger partial charge in [-0.25, -0.2) is 0 Å². The van der Waals surface area contributed by atoms with E-state index in [1.165, 1.54) is 22.5 Å². The second-order valence-electron chi connectivity index (χ2n) is 5.80. The van der Waals surface area contributed by atoms with E-state index < -0.39 is 0 Å². The predicted octanol–water partition coefficient (Wildman–Crippen LogP) is 3.21. The molecule has 3 nitrogen and oxygen atoms in total. The van der Waals surface area contributed by atoms with Crippen LogP contribution in [0.1, 0.15) is 11.1 Å². The van der Waals surface area contributed by atoms with Crippen LogP contribution < -0.4 is 15.5 Å². The molecule has 1 aliphatic rings. The van der Waals surface area contributed by atoms with E-state index >= 15 is 0 Å². The molecule has 0 aliphatic carbocycles. The molecule has 0 spiro atoms. The van der Waals surface area contributed by atoms with E-state index in [1.807, 2.05) is 0 Å². The zero-order valence-electron chi connectivity index (χ0n) is 12.8. The summed E-state index contributed by atoms with van der Waals surface area (Å²) in [4.78, 5) is 4.91. The molecule has 1 aliphatic heterocycles. The van der Waals surface area contributed by atoms with Crippen LogP contribution in [0.5, 0.6) is 0 Å². The van der Waals surface area contributed by atoms with Gasteiger partial charge < -0.3 is 15.5 Å². The topological polar surface area (TPSA) is 32.5 Å². The van der Waals surface area contributed by atoms with Crippen LogP contribution in [0.25, 0.3) is 0 Å². The van der Waals surface area contributed by atoms with E-state index in [9.17, 15) is 0 Å². The van der Waals surface area contributed by atoms with E-state index in [-0.39, 0.29) is 0 Å². The van der Waals surface area contributed by atoms with Gasteiger partial charge in [-0.15, -0.1) is 0 Å². The first kappa shape index (κ1) is 13.8. The largest absolute Gasteiger partial charge is 0.398 e. The molecule has 2 aromatic carbocycles. The summed E-state index contributed by atoms with van der Waals surface area (Å²) in [5.41, 5.74) is 11.9. The number of nitrogens with zero attached hydrogens (tertiary/aromatic N) is 2. The summed E-state index contributed by atoms with van der Waals surface area (Å²) in [6, 6.07) is 15.1. The average molecular weight is 281 g/mol. The van der Waals surface area contributed by atoms with Gasteiger partial charge in [0.2, 0.25) is 0 Å². The summed E-state index contributed by atoms with van der Waals surface area (Å²) < 4.78 is 0. The number of piperazine rings is 1. The van der Waals surface area contributed by atoms with Crippen molar-refractivity contribution in [2.45, 2.75) is 13.8 Å². The molecule has 2 N–H and O–H groups in total. The molecule has 21 heavy (non-hydrogen) atoms. The molecule has 2 aromatic rings. The Balaban J connectivity index is 1.71. The van der Waals surface area contributed by atoms with Crippen LogP contribution in [-0.4, -0.2) is 26.2 Å². The molecule has 1 fully saturated rings. The van der Waals surface area contributed by atoms with Gasteiger partial charge in [-0.05, 0) is 49.2 Å². The normalized spacial score (nSPS) is 15.3. The third kappa shape index (κ3) is 2.82.